The molecular formula is C18H38N4O4. The second-order valence-electron chi connectivity index (χ2n) is 6.78. The molecule has 1 amide bonds. The number of carbonyl (C=O) groups excluding carboxylic acids is 1. The normalized spacial score (nSPS) is 12.0. The van der Waals surface area contributed by atoms with E-state index in [1.165, 1.54) is 0 Å². The van der Waals surface area contributed by atoms with Crippen molar-refractivity contribution in [3.05, 3.63) is 0 Å². The predicted molar refractivity (Wildman–Crippen MR) is 105 cm³/mol. The minimum atomic E-state index is -0.473. The number of rotatable bonds is 13. The molecule has 8 nitrogen and oxygen atoms in total. The van der Waals surface area contributed by atoms with Crippen molar-refractivity contribution in [1.82, 2.24) is 16.0 Å². The second kappa shape index (κ2) is 15.7. The van der Waals surface area contributed by atoms with Crippen LogP contribution in [0.3, 0.4) is 0 Å². The molecule has 26 heavy (non-hydrogen) atoms. The Morgan fingerprint density at radius 2 is 1.69 bits per heavy atom. The van der Waals surface area contributed by atoms with E-state index >= 15 is 0 Å². The Morgan fingerprint density at radius 3 is 2.35 bits per heavy atom. The van der Waals surface area contributed by atoms with Crippen molar-refractivity contribution in [2.45, 2.75) is 52.6 Å². The van der Waals surface area contributed by atoms with Gasteiger partial charge in [0.2, 0.25) is 0 Å². The Bertz CT molecular complexity index is 384. The summed E-state index contributed by atoms with van der Waals surface area (Å²) in [6.07, 6.45) is 2.37. The van der Waals surface area contributed by atoms with E-state index in [1.807, 2.05) is 27.7 Å². The van der Waals surface area contributed by atoms with Crippen molar-refractivity contribution < 1.29 is 19.0 Å². The van der Waals surface area contributed by atoms with E-state index in [0.29, 0.717) is 26.3 Å². The third kappa shape index (κ3) is 17.3. The Hall–Kier alpha value is -1.54. The quantitative estimate of drug-likeness (QED) is 0.259. The summed E-state index contributed by atoms with van der Waals surface area (Å²) in [7, 11) is 1.67. The molecule has 3 N–H and O–H groups in total. The molecule has 0 aromatic rings. The fraction of sp³-hybridized carbons (Fsp3) is 0.889. The molecule has 154 valence electrons. The van der Waals surface area contributed by atoms with Gasteiger partial charge < -0.3 is 30.2 Å². The Morgan fingerprint density at radius 1 is 0.962 bits per heavy atom. The number of nitrogens with zero attached hydrogens (tertiary/aromatic N) is 1. The lowest BCUT2D eigenvalue weighted by Gasteiger charge is -2.19. The number of nitrogens with one attached hydrogen (secondary N) is 3. The summed E-state index contributed by atoms with van der Waals surface area (Å²) >= 11 is 0. The number of aliphatic imine (C=N–C) groups is 1. The molecule has 0 aliphatic heterocycles. The Labute approximate surface area is 158 Å². The number of alkyl carbamates (subject to hydrolysis) is 1. The minimum Gasteiger partial charge on any atom is -0.444 e. The highest BCUT2D eigenvalue weighted by Gasteiger charge is 2.15. The van der Waals surface area contributed by atoms with Crippen LogP contribution in [-0.2, 0) is 14.2 Å². The van der Waals surface area contributed by atoms with Crippen LogP contribution in [0.4, 0.5) is 4.79 Å². The van der Waals surface area contributed by atoms with E-state index in [9.17, 15) is 4.79 Å². The molecule has 0 aromatic carbocycles. The molecule has 0 heterocycles. The number of methoxy groups -OCH3 is 1. The van der Waals surface area contributed by atoms with Gasteiger partial charge in [-0.25, -0.2) is 4.79 Å². The van der Waals surface area contributed by atoms with Gasteiger partial charge in [0.1, 0.15) is 5.60 Å². The van der Waals surface area contributed by atoms with Gasteiger partial charge >= 0.3 is 6.09 Å². The molecule has 0 spiro atoms. The van der Waals surface area contributed by atoms with Crippen LogP contribution in [-0.4, -0.2) is 70.8 Å². The maximum Gasteiger partial charge on any atom is 0.407 e. The predicted octanol–water partition coefficient (Wildman–Crippen LogP) is 1.90. The van der Waals surface area contributed by atoms with E-state index in [0.717, 1.165) is 44.9 Å². The van der Waals surface area contributed by atoms with Crippen LogP contribution in [0.25, 0.3) is 0 Å². The van der Waals surface area contributed by atoms with Crippen molar-refractivity contribution >= 4 is 12.1 Å². The van der Waals surface area contributed by atoms with Crippen LogP contribution in [0.15, 0.2) is 4.99 Å². The monoisotopic (exact) mass is 374 g/mol. The molecule has 0 bridgehead atoms. The third-order valence-electron chi connectivity index (χ3n) is 3.06. The standard InChI is InChI=1S/C18H38N4O4/c1-6-19-16(20-10-7-8-13-25-15-14-24-5)21-11-9-12-22-17(23)26-18(2,3)4/h6-15H2,1-5H3,(H,22,23)(H2,19,20,21). The average molecular weight is 375 g/mol. The molecule has 0 fully saturated rings. The lowest BCUT2D eigenvalue weighted by molar-refractivity contribution is 0.0527. The largest absolute Gasteiger partial charge is 0.444 e. The first kappa shape index (κ1) is 24.5. The van der Waals surface area contributed by atoms with Crippen LogP contribution in [0, 0.1) is 0 Å². The average Bonchev–Trinajstić information content (AvgIpc) is 2.55. The van der Waals surface area contributed by atoms with E-state index in [1.54, 1.807) is 7.11 Å². The van der Waals surface area contributed by atoms with E-state index < -0.39 is 5.60 Å². The molecule has 0 unspecified atom stereocenters. The van der Waals surface area contributed by atoms with E-state index in [2.05, 4.69) is 20.9 Å². The maximum atomic E-state index is 11.5. The van der Waals surface area contributed by atoms with Gasteiger partial charge in [-0.05, 0) is 47.0 Å². The Balaban J connectivity index is 3.80. The molecule has 0 aliphatic carbocycles. The lowest BCUT2D eigenvalue weighted by atomic mass is 10.2. The number of amides is 1. The second-order valence-corrected chi connectivity index (χ2v) is 6.78. The van der Waals surface area contributed by atoms with Crippen LogP contribution in [0.2, 0.25) is 0 Å². The van der Waals surface area contributed by atoms with E-state index in [4.69, 9.17) is 14.2 Å². The fourth-order valence-corrected chi connectivity index (χ4v) is 1.90. The molecule has 0 atom stereocenters. The Kier molecular flexibility index (Phi) is 14.8. The van der Waals surface area contributed by atoms with Crippen LogP contribution in [0.1, 0.15) is 47.0 Å². The molecule has 0 aliphatic rings. The summed E-state index contributed by atoms with van der Waals surface area (Å²) in [6, 6.07) is 0. The zero-order valence-electron chi connectivity index (χ0n) is 17.2. The summed E-state index contributed by atoms with van der Waals surface area (Å²) in [5.74, 6) is 0.796. The molecular weight excluding hydrogens is 336 g/mol. The number of hydrogen-bond donors (Lipinski definition) is 3. The lowest BCUT2D eigenvalue weighted by Crippen LogP contribution is -2.38. The molecule has 0 saturated carbocycles. The SMILES string of the molecule is CCNC(=NCCCNC(=O)OC(C)(C)C)NCCCCOCCOC. The van der Waals surface area contributed by atoms with Crippen molar-refractivity contribution in [1.29, 1.82) is 0 Å². The summed E-state index contributed by atoms with van der Waals surface area (Å²) in [5.41, 5.74) is -0.473. The van der Waals surface area contributed by atoms with Crippen molar-refractivity contribution in [2.24, 2.45) is 4.99 Å². The molecule has 8 heteroatoms. The fourth-order valence-electron chi connectivity index (χ4n) is 1.90. The van der Waals surface area contributed by atoms with Crippen LogP contribution in [0.5, 0.6) is 0 Å². The first-order valence-electron chi connectivity index (χ1n) is 9.44. The number of hydrogen-bond acceptors (Lipinski definition) is 5. The highest BCUT2D eigenvalue weighted by Crippen LogP contribution is 2.06. The summed E-state index contributed by atoms with van der Waals surface area (Å²) in [5, 5.41) is 9.24. The number of unbranched alkanes of at least 4 members (excludes halogenated alkanes) is 1. The molecule has 0 radical (unpaired) electrons. The van der Waals surface area contributed by atoms with Crippen LogP contribution >= 0.6 is 0 Å². The topological polar surface area (TPSA) is 93.2 Å². The third-order valence-corrected chi connectivity index (χ3v) is 3.06. The van der Waals surface area contributed by atoms with Gasteiger partial charge in [0.15, 0.2) is 5.96 Å². The highest BCUT2D eigenvalue weighted by molar-refractivity contribution is 5.79. The smallest absolute Gasteiger partial charge is 0.407 e. The first-order valence-corrected chi connectivity index (χ1v) is 9.44. The molecule has 0 saturated heterocycles. The van der Waals surface area contributed by atoms with Gasteiger partial charge in [-0.2, -0.15) is 0 Å². The van der Waals surface area contributed by atoms with E-state index in [-0.39, 0.29) is 6.09 Å². The van der Waals surface area contributed by atoms with Crippen LogP contribution < -0.4 is 16.0 Å². The zero-order valence-corrected chi connectivity index (χ0v) is 17.2. The van der Waals surface area contributed by atoms with Gasteiger partial charge in [-0.15, -0.1) is 0 Å². The van der Waals surface area contributed by atoms with Gasteiger partial charge in [0.05, 0.1) is 13.2 Å². The molecule has 0 rings (SSSR count). The number of carbonyl (C=O) groups is 1. The van der Waals surface area contributed by atoms with Gasteiger partial charge in [0, 0.05) is 39.9 Å². The summed E-state index contributed by atoms with van der Waals surface area (Å²) in [4.78, 5) is 16.0. The van der Waals surface area contributed by atoms with Gasteiger partial charge in [-0.3, -0.25) is 4.99 Å². The van der Waals surface area contributed by atoms with Crippen molar-refractivity contribution in [3.8, 4) is 0 Å². The first-order chi connectivity index (χ1) is 12.4. The highest BCUT2D eigenvalue weighted by atomic mass is 16.6. The zero-order chi connectivity index (χ0) is 19.7. The van der Waals surface area contributed by atoms with Gasteiger partial charge in [-0.1, -0.05) is 0 Å². The summed E-state index contributed by atoms with van der Waals surface area (Å²) < 4.78 is 15.5. The minimum absolute atomic E-state index is 0.390. The van der Waals surface area contributed by atoms with Crippen molar-refractivity contribution in [2.75, 3.05) is 53.1 Å². The number of guanidine groups is 1. The number of ether oxygens (including phenoxy) is 3. The maximum absolute atomic E-state index is 11.5. The molecule has 0 aromatic heterocycles. The summed E-state index contributed by atoms with van der Waals surface area (Å²) in [6.45, 7) is 12.4. The van der Waals surface area contributed by atoms with Crippen molar-refractivity contribution in [3.63, 3.8) is 0 Å². The van der Waals surface area contributed by atoms with Gasteiger partial charge in [0.25, 0.3) is 0 Å².